The Bertz CT molecular complexity index is 346. The summed E-state index contributed by atoms with van der Waals surface area (Å²) in [6, 6.07) is 1.22. The molecule has 0 N–H and O–H groups in total. The molecule has 6 heteroatoms. The van der Waals surface area contributed by atoms with Crippen LogP contribution < -0.4 is 0 Å². The molecule has 0 radical (unpaired) electrons. The second-order valence-corrected chi connectivity index (χ2v) is 3.39. The first-order valence-corrected chi connectivity index (χ1v) is 4.32. The largest absolute Gasteiger partial charge is 0.296 e. The standard InChI is InChI=1S/C7H3BrClF2NO/c8-3-1-5(9)12-4(2-13)6(3)7(10)11/h1-2,7H. The Balaban J connectivity index is 3.38. The van der Waals surface area contributed by atoms with E-state index in [4.69, 9.17) is 11.6 Å². The van der Waals surface area contributed by atoms with Gasteiger partial charge in [-0.05, 0) is 6.07 Å². The van der Waals surface area contributed by atoms with E-state index in [2.05, 4.69) is 20.9 Å². The van der Waals surface area contributed by atoms with Gasteiger partial charge in [0.1, 0.15) is 10.8 Å². The lowest BCUT2D eigenvalue weighted by molar-refractivity contribution is 0.110. The highest BCUT2D eigenvalue weighted by Crippen LogP contribution is 2.30. The van der Waals surface area contributed by atoms with Crippen LogP contribution in [0.1, 0.15) is 22.5 Å². The molecular weight excluding hydrogens is 267 g/mol. The summed E-state index contributed by atoms with van der Waals surface area (Å²) in [6.07, 6.45) is -2.50. The minimum Gasteiger partial charge on any atom is -0.296 e. The van der Waals surface area contributed by atoms with Crippen molar-refractivity contribution in [1.82, 2.24) is 4.98 Å². The van der Waals surface area contributed by atoms with Gasteiger partial charge in [0.15, 0.2) is 6.29 Å². The van der Waals surface area contributed by atoms with Crippen LogP contribution in [-0.2, 0) is 0 Å². The highest BCUT2D eigenvalue weighted by atomic mass is 79.9. The highest BCUT2D eigenvalue weighted by molar-refractivity contribution is 9.10. The molecule has 0 saturated heterocycles. The zero-order chi connectivity index (χ0) is 10.0. The Morgan fingerprint density at radius 3 is 2.69 bits per heavy atom. The van der Waals surface area contributed by atoms with Crippen molar-refractivity contribution in [3.8, 4) is 0 Å². The number of rotatable bonds is 2. The number of aldehydes is 1. The lowest BCUT2D eigenvalue weighted by Crippen LogP contribution is -1.98. The van der Waals surface area contributed by atoms with Gasteiger partial charge in [0, 0.05) is 4.47 Å². The number of hydrogen-bond donors (Lipinski definition) is 0. The van der Waals surface area contributed by atoms with E-state index in [-0.39, 0.29) is 21.6 Å². The molecule has 2 nitrogen and oxygen atoms in total. The SMILES string of the molecule is O=Cc1nc(Cl)cc(Br)c1C(F)F. The molecule has 0 bridgehead atoms. The van der Waals surface area contributed by atoms with Crippen LogP contribution in [0.25, 0.3) is 0 Å². The van der Waals surface area contributed by atoms with E-state index in [1.807, 2.05) is 0 Å². The summed E-state index contributed by atoms with van der Waals surface area (Å²) in [5.41, 5.74) is -0.770. The van der Waals surface area contributed by atoms with E-state index in [0.717, 1.165) is 0 Å². The van der Waals surface area contributed by atoms with Crippen molar-refractivity contribution in [2.24, 2.45) is 0 Å². The van der Waals surface area contributed by atoms with E-state index >= 15 is 0 Å². The smallest absolute Gasteiger partial charge is 0.267 e. The lowest BCUT2D eigenvalue weighted by atomic mass is 10.2. The molecule has 0 spiro atoms. The first-order chi connectivity index (χ1) is 6.06. The highest BCUT2D eigenvalue weighted by Gasteiger charge is 2.18. The van der Waals surface area contributed by atoms with E-state index < -0.39 is 12.0 Å². The van der Waals surface area contributed by atoms with Crippen LogP contribution >= 0.6 is 27.5 Å². The Hall–Kier alpha value is -0.550. The molecule has 1 rings (SSSR count). The first kappa shape index (κ1) is 10.5. The number of hydrogen-bond acceptors (Lipinski definition) is 2. The van der Waals surface area contributed by atoms with Crippen LogP contribution in [0.2, 0.25) is 5.15 Å². The maximum Gasteiger partial charge on any atom is 0.267 e. The molecule has 0 atom stereocenters. The van der Waals surface area contributed by atoms with Gasteiger partial charge in [-0.1, -0.05) is 27.5 Å². The number of carbonyl (C=O) groups excluding carboxylic acids is 1. The van der Waals surface area contributed by atoms with Gasteiger partial charge in [-0.25, -0.2) is 13.8 Å². The summed E-state index contributed by atoms with van der Waals surface area (Å²) in [5, 5.41) is -0.00150. The van der Waals surface area contributed by atoms with E-state index in [9.17, 15) is 13.6 Å². The van der Waals surface area contributed by atoms with Crippen LogP contribution in [0.5, 0.6) is 0 Å². The van der Waals surface area contributed by atoms with Crippen LogP contribution in [-0.4, -0.2) is 11.3 Å². The molecule has 13 heavy (non-hydrogen) atoms. The van der Waals surface area contributed by atoms with Crippen molar-refractivity contribution in [3.63, 3.8) is 0 Å². The quantitative estimate of drug-likeness (QED) is 0.610. The molecule has 1 heterocycles. The summed E-state index contributed by atoms with van der Waals surface area (Å²) < 4.78 is 24.8. The van der Waals surface area contributed by atoms with Gasteiger partial charge in [-0.15, -0.1) is 0 Å². The van der Waals surface area contributed by atoms with Crippen LogP contribution in [0, 0.1) is 0 Å². The molecular formula is C7H3BrClF2NO. The molecule has 0 amide bonds. The minimum atomic E-state index is -2.75. The number of alkyl halides is 2. The third-order valence-electron chi connectivity index (χ3n) is 1.34. The van der Waals surface area contributed by atoms with Crippen molar-refractivity contribution in [1.29, 1.82) is 0 Å². The summed E-state index contributed by atoms with van der Waals surface area (Å²) in [4.78, 5) is 13.8. The zero-order valence-electron chi connectivity index (χ0n) is 6.10. The average Bonchev–Trinajstić information content (AvgIpc) is 2.01. The van der Waals surface area contributed by atoms with Gasteiger partial charge in [0.25, 0.3) is 6.43 Å². The second-order valence-electron chi connectivity index (χ2n) is 2.14. The number of halogens is 4. The molecule has 0 fully saturated rings. The third-order valence-corrected chi connectivity index (χ3v) is 2.19. The molecule has 1 aromatic rings. The maximum absolute atomic E-state index is 12.3. The van der Waals surface area contributed by atoms with E-state index in [0.29, 0.717) is 0 Å². The molecule has 0 aliphatic heterocycles. The Morgan fingerprint density at radius 2 is 2.23 bits per heavy atom. The summed E-state index contributed by atoms with van der Waals surface area (Å²) in [6.45, 7) is 0. The van der Waals surface area contributed by atoms with Gasteiger partial charge in [-0.3, -0.25) is 4.79 Å². The fourth-order valence-electron chi connectivity index (χ4n) is 0.818. The van der Waals surface area contributed by atoms with Crippen molar-refractivity contribution in [3.05, 3.63) is 26.9 Å². The number of nitrogens with zero attached hydrogens (tertiary/aromatic N) is 1. The topological polar surface area (TPSA) is 30.0 Å². The van der Waals surface area contributed by atoms with Crippen LogP contribution in [0.15, 0.2) is 10.5 Å². The lowest BCUT2D eigenvalue weighted by Gasteiger charge is -2.05. The van der Waals surface area contributed by atoms with Crippen molar-refractivity contribution in [2.45, 2.75) is 6.43 Å². The second kappa shape index (κ2) is 4.11. The number of aromatic nitrogens is 1. The fraction of sp³-hybridized carbons (Fsp3) is 0.143. The summed E-state index contributed by atoms with van der Waals surface area (Å²) in [7, 11) is 0. The molecule has 70 valence electrons. The summed E-state index contributed by atoms with van der Waals surface area (Å²) >= 11 is 8.34. The van der Waals surface area contributed by atoms with E-state index in [1.165, 1.54) is 6.07 Å². The van der Waals surface area contributed by atoms with Gasteiger partial charge in [-0.2, -0.15) is 0 Å². The predicted octanol–water partition coefficient (Wildman–Crippen LogP) is 3.25. The first-order valence-electron chi connectivity index (χ1n) is 3.15. The van der Waals surface area contributed by atoms with Crippen LogP contribution in [0.3, 0.4) is 0 Å². The third kappa shape index (κ3) is 2.22. The van der Waals surface area contributed by atoms with Gasteiger partial charge >= 0.3 is 0 Å². The van der Waals surface area contributed by atoms with Crippen molar-refractivity contribution < 1.29 is 13.6 Å². The van der Waals surface area contributed by atoms with Crippen LogP contribution in [0.4, 0.5) is 8.78 Å². The van der Waals surface area contributed by atoms with Crippen molar-refractivity contribution in [2.75, 3.05) is 0 Å². The Kier molecular flexibility index (Phi) is 3.33. The van der Waals surface area contributed by atoms with Gasteiger partial charge in [0.05, 0.1) is 5.56 Å². The Morgan fingerprint density at radius 1 is 1.62 bits per heavy atom. The molecule has 0 aliphatic carbocycles. The molecule has 1 aromatic heterocycles. The zero-order valence-corrected chi connectivity index (χ0v) is 8.44. The van der Waals surface area contributed by atoms with E-state index in [1.54, 1.807) is 0 Å². The molecule has 0 unspecified atom stereocenters. The minimum absolute atomic E-state index is 0.00150. The average molecular weight is 270 g/mol. The Labute approximate surface area is 86.0 Å². The molecule has 0 saturated carbocycles. The molecule has 0 aromatic carbocycles. The monoisotopic (exact) mass is 269 g/mol. The van der Waals surface area contributed by atoms with Crippen molar-refractivity contribution >= 4 is 33.8 Å². The normalized spacial score (nSPS) is 10.5. The number of carbonyl (C=O) groups is 1. The number of pyridine rings is 1. The van der Waals surface area contributed by atoms with Gasteiger partial charge < -0.3 is 0 Å². The predicted molar refractivity (Wildman–Crippen MR) is 47.3 cm³/mol. The fourth-order valence-corrected chi connectivity index (χ4v) is 1.74. The summed E-state index contributed by atoms with van der Waals surface area (Å²) in [5.74, 6) is 0. The van der Waals surface area contributed by atoms with Gasteiger partial charge in [0.2, 0.25) is 0 Å². The maximum atomic E-state index is 12.3. The molecule has 0 aliphatic rings.